The summed E-state index contributed by atoms with van der Waals surface area (Å²) in [6, 6.07) is 4.93. The zero-order valence-corrected chi connectivity index (χ0v) is 18.1. The summed E-state index contributed by atoms with van der Waals surface area (Å²) in [5.74, 6) is -0.0939. The molecule has 3 aliphatic rings. The normalized spacial score (nSPS) is 27.8. The molecule has 4 N–H and O–H groups in total. The van der Waals surface area contributed by atoms with Gasteiger partial charge in [0.05, 0.1) is 5.69 Å². The third-order valence-electron chi connectivity index (χ3n) is 6.99. The molecule has 170 valence electrons. The lowest BCUT2D eigenvalue weighted by Crippen LogP contribution is -2.47. The summed E-state index contributed by atoms with van der Waals surface area (Å²) < 4.78 is 14.8. The molecule has 1 aromatic rings. The number of carbonyl (C=O) groups excluding carboxylic acids is 2. The number of halogens is 1. The van der Waals surface area contributed by atoms with E-state index in [1.807, 2.05) is 6.07 Å². The van der Waals surface area contributed by atoms with E-state index in [2.05, 4.69) is 20.4 Å². The third-order valence-corrected chi connectivity index (χ3v) is 6.99. The van der Waals surface area contributed by atoms with Gasteiger partial charge in [0.25, 0.3) is 0 Å². The molecular weight excluding hydrogens is 397 g/mol. The summed E-state index contributed by atoms with van der Waals surface area (Å²) >= 11 is 0. The molecule has 2 heterocycles. The monoisotopic (exact) mass is 431 g/mol. The van der Waals surface area contributed by atoms with E-state index in [9.17, 15) is 14.0 Å². The first-order valence-electron chi connectivity index (χ1n) is 11.6. The van der Waals surface area contributed by atoms with Gasteiger partial charge in [0, 0.05) is 44.3 Å². The second-order valence-corrected chi connectivity index (χ2v) is 9.21. The van der Waals surface area contributed by atoms with Crippen molar-refractivity contribution in [3.8, 4) is 0 Å². The van der Waals surface area contributed by atoms with Gasteiger partial charge >= 0.3 is 0 Å². The first-order chi connectivity index (χ1) is 15.0. The molecule has 1 atom stereocenters. The van der Waals surface area contributed by atoms with Crippen molar-refractivity contribution >= 4 is 23.2 Å². The van der Waals surface area contributed by atoms with Gasteiger partial charge in [0.2, 0.25) is 11.8 Å². The molecule has 1 unspecified atom stereocenters. The Balaban J connectivity index is 1.25. The molecule has 1 aromatic carbocycles. The number of anilines is 2. The fourth-order valence-electron chi connectivity index (χ4n) is 4.94. The number of nitrogens with one attached hydrogen (secondary N) is 2. The lowest BCUT2D eigenvalue weighted by molar-refractivity contribution is -0.133. The zero-order chi connectivity index (χ0) is 21.8. The highest BCUT2D eigenvalue weighted by Crippen LogP contribution is 2.27. The highest BCUT2D eigenvalue weighted by atomic mass is 19.1. The van der Waals surface area contributed by atoms with Crippen molar-refractivity contribution in [1.82, 2.24) is 10.2 Å². The molecule has 1 aliphatic carbocycles. The summed E-state index contributed by atoms with van der Waals surface area (Å²) in [4.78, 5) is 27.8. The van der Waals surface area contributed by atoms with E-state index in [0.717, 1.165) is 51.5 Å². The smallest absolute Gasteiger partial charge is 0.249 e. The van der Waals surface area contributed by atoms with Gasteiger partial charge in [0.15, 0.2) is 0 Å². The average molecular weight is 432 g/mol. The molecule has 31 heavy (non-hydrogen) atoms. The number of amides is 2. The molecule has 2 aliphatic heterocycles. The van der Waals surface area contributed by atoms with Crippen LogP contribution in [0.1, 0.15) is 44.9 Å². The molecule has 0 bridgehead atoms. The predicted molar refractivity (Wildman–Crippen MR) is 119 cm³/mol. The Morgan fingerprint density at radius 1 is 1.06 bits per heavy atom. The Morgan fingerprint density at radius 3 is 2.48 bits per heavy atom. The standard InChI is InChI=1S/C23H34FN5O2/c24-19-15-18(26-20-6-8-22(30)27-23(20)31)5-7-21(19)29-13-11-28(12-14-29)10-9-16-1-3-17(25)4-2-16/h5,7,15-17,20,26H,1-4,6,8-14,25H2,(H,27,30,31). The van der Waals surface area contributed by atoms with E-state index in [-0.39, 0.29) is 17.6 Å². The number of piperazine rings is 1. The topological polar surface area (TPSA) is 90.7 Å². The van der Waals surface area contributed by atoms with Gasteiger partial charge in [-0.2, -0.15) is 0 Å². The van der Waals surface area contributed by atoms with Crippen LogP contribution in [0.5, 0.6) is 0 Å². The van der Waals surface area contributed by atoms with Crippen LogP contribution in [0.4, 0.5) is 15.8 Å². The van der Waals surface area contributed by atoms with Crippen LogP contribution in [0.15, 0.2) is 18.2 Å². The van der Waals surface area contributed by atoms with Crippen molar-refractivity contribution in [3.63, 3.8) is 0 Å². The minimum atomic E-state index is -0.508. The van der Waals surface area contributed by atoms with Gasteiger partial charge in [-0.05, 0) is 69.2 Å². The highest BCUT2D eigenvalue weighted by molar-refractivity contribution is 6.01. The molecule has 0 aromatic heterocycles. The van der Waals surface area contributed by atoms with Crippen molar-refractivity contribution in [3.05, 3.63) is 24.0 Å². The minimum Gasteiger partial charge on any atom is -0.374 e. The number of benzene rings is 1. The van der Waals surface area contributed by atoms with Crippen LogP contribution < -0.4 is 21.3 Å². The number of nitrogens with two attached hydrogens (primary N) is 1. The molecule has 2 amide bonds. The lowest BCUT2D eigenvalue weighted by atomic mass is 9.84. The Morgan fingerprint density at radius 2 is 1.81 bits per heavy atom. The number of carbonyl (C=O) groups is 2. The first kappa shape index (κ1) is 22.0. The van der Waals surface area contributed by atoms with Crippen LogP contribution in [0.25, 0.3) is 0 Å². The summed E-state index contributed by atoms with van der Waals surface area (Å²) in [5.41, 5.74) is 7.17. The SMILES string of the molecule is NC1CCC(CCN2CCN(c3ccc(NC4CCC(=O)NC4=O)cc3F)CC2)CC1. The van der Waals surface area contributed by atoms with E-state index >= 15 is 0 Å². The molecule has 0 radical (unpaired) electrons. The van der Waals surface area contributed by atoms with Gasteiger partial charge in [-0.3, -0.25) is 19.8 Å². The molecule has 3 fully saturated rings. The number of hydrogen-bond donors (Lipinski definition) is 3. The number of rotatable bonds is 6. The number of hydrogen-bond acceptors (Lipinski definition) is 6. The van der Waals surface area contributed by atoms with Crippen molar-refractivity contribution in [2.45, 2.75) is 57.0 Å². The van der Waals surface area contributed by atoms with Crippen LogP contribution in [0, 0.1) is 11.7 Å². The van der Waals surface area contributed by atoms with Gasteiger partial charge in [0.1, 0.15) is 11.9 Å². The van der Waals surface area contributed by atoms with Crippen LogP contribution in [-0.4, -0.2) is 61.5 Å². The fraction of sp³-hybridized carbons (Fsp3) is 0.652. The number of nitrogens with zero attached hydrogens (tertiary/aromatic N) is 2. The second kappa shape index (κ2) is 9.96. The largest absolute Gasteiger partial charge is 0.374 e. The van der Waals surface area contributed by atoms with Crippen molar-refractivity contribution < 1.29 is 14.0 Å². The Bertz CT molecular complexity index is 788. The molecular formula is C23H34FN5O2. The predicted octanol–water partition coefficient (Wildman–Crippen LogP) is 2.07. The molecule has 2 saturated heterocycles. The van der Waals surface area contributed by atoms with Gasteiger partial charge in [-0.1, -0.05) is 0 Å². The van der Waals surface area contributed by atoms with E-state index < -0.39 is 6.04 Å². The lowest BCUT2D eigenvalue weighted by Gasteiger charge is -2.37. The Hall–Kier alpha value is -2.19. The summed E-state index contributed by atoms with van der Waals surface area (Å²) in [6.45, 7) is 4.63. The van der Waals surface area contributed by atoms with E-state index in [0.29, 0.717) is 30.3 Å². The van der Waals surface area contributed by atoms with Gasteiger partial charge < -0.3 is 16.0 Å². The maximum absolute atomic E-state index is 14.8. The van der Waals surface area contributed by atoms with Gasteiger partial charge in [-0.15, -0.1) is 0 Å². The van der Waals surface area contributed by atoms with E-state index in [1.54, 1.807) is 6.07 Å². The van der Waals surface area contributed by atoms with Gasteiger partial charge in [-0.25, -0.2) is 4.39 Å². The van der Waals surface area contributed by atoms with Crippen LogP contribution in [-0.2, 0) is 9.59 Å². The molecule has 7 nitrogen and oxygen atoms in total. The Labute approximate surface area is 183 Å². The third kappa shape index (κ3) is 5.74. The maximum Gasteiger partial charge on any atom is 0.249 e. The Kier molecular flexibility index (Phi) is 7.07. The zero-order valence-electron chi connectivity index (χ0n) is 18.1. The fourth-order valence-corrected chi connectivity index (χ4v) is 4.94. The minimum absolute atomic E-state index is 0.258. The number of imide groups is 1. The van der Waals surface area contributed by atoms with E-state index in [4.69, 9.17) is 5.73 Å². The molecule has 4 rings (SSSR count). The van der Waals surface area contributed by atoms with E-state index in [1.165, 1.54) is 25.3 Å². The van der Waals surface area contributed by atoms with Crippen LogP contribution in [0.3, 0.4) is 0 Å². The molecule has 1 saturated carbocycles. The first-order valence-corrected chi connectivity index (χ1v) is 11.6. The van der Waals surface area contributed by atoms with Crippen LogP contribution in [0.2, 0.25) is 0 Å². The molecule has 8 heteroatoms. The van der Waals surface area contributed by atoms with Crippen LogP contribution >= 0.6 is 0 Å². The summed E-state index contributed by atoms with van der Waals surface area (Å²) in [5, 5.41) is 5.35. The second-order valence-electron chi connectivity index (χ2n) is 9.21. The summed E-state index contributed by atoms with van der Waals surface area (Å²) in [6.07, 6.45) is 6.78. The number of piperidine rings is 1. The quantitative estimate of drug-likeness (QED) is 0.598. The van der Waals surface area contributed by atoms with Crippen molar-refractivity contribution in [2.24, 2.45) is 11.7 Å². The highest BCUT2D eigenvalue weighted by Gasteiger charge is 2.27. The average Bonchev–Trinajstić information content (AvgIpc) is 2.76. The summed E-state index contributed by atoms with van der Waals surface area (Å²) in [7, 11) is 0. The molecule has 0 spiro atoms. The van der Waals surface area contributed by atoms with Crippen molar-refractivity contribution in [1.29, 1.82) is 0 Å². The van der Waals surface area contributed by atoms with Crippen molar-refractivity contribution in [2.75, 3.05) is 42.9 Å². The maximum atomic E-state index is 14.8.